The van der Waals surface area contributed by atoms with Gasteiger partial charge in [-0.15, -0.1) is 0 Å². The van der Waals surface area contributed by atoms with Crippen LogP contribution in [-0.2, 0) is 4.79 Å². The Morgan fingerprint density at radius 3 is 2.88 bits per heavy atom. The predicted octanol–water partition coefficient (Wildman–Crippen LogP) is -1.79. The average Bonchev–Trinajstić information content (AvgIpc) is 2.12. The summed E-state index contributed by atoms with van der Waals surface area (Å²) in [5, 5.41) is 0. The van der Waals surface area contributed by atoms with Crippen LogP contribution < -0.4 is 16.6 Å². The van der Waals surface area contributed by atoms with Gasteiger partial charge in [-0.1, -0.05) is 0 Å². The normalized spacial score (nSPS) is 21.5. The standard InChI is InChI=1S/C4H8N3O/c5-4(8)3-1-6-7-2-3/h3,6H,1-2H2,(H2,5,8). The van der Waals surface area contributed by atoms with Crippen molar-refractivity contribution in [3.05, 3.63) is 0 Å². The highest BCUT2D eigenvalue weighted by atomic mass is 16.1. The van der Waals surface area contributed by atoms with Crippen molar-refractivity contribution in [3.8, 4) is 0 Å². The van der Waals surface area contributed by atoms with E-state index in [4.69, 9.17) is 5.73 Å². The largest absolute Gasteiger partial charge is 0.369 e. The van der Waals surface area contributed by atoms with Crippen LogP contribution >= 0.6 is 0 Å². The lowest BCUT2D eigenvalue weighted by molar-refractivity contribution is -0.120. The molecule has 1 rings (SSSR count). The number of carbonyl (C=O) groups excluding carboxylic acids is 1. The van der Waals surface area contributed by atoms with Gasteiger partial charge in [0.25, 0.3) is 0 Å². The minimum atomic E-state index is -0.265. The van der Waals surface area contributed by atoms with E-state index in [2.05, 4.69) is 10.9 Å². The predicted molar refractivity (Wildman–Crippen MR) is 27.7 cm³/mol. The molecule has 45 valence electrons. The summed E-state index contributed by atoms with van der Waals surface area (Å²) in [5.41, 5.74) is 11.4. The lowest BCUT2D eigenvalue weighted by Crippen LogP contribution is -2.26. The van der Waals surface area contributed by atoms with E-state index < -0.39 is 0 Å². The molecule has 1 aliphatic heterocycles. The minimum absolute atomic E-state index is 0.0741. The Balaban J connectivity index is 2.35. The maximum atomic E-state index is 10.3. The van der Waals surface area contributed by atoms with E-state index in [-0.39, 0.29) is 11.8 Å². The number of hydrogen-bond acceptors (Lipinski definition) is 2. The fourth-order valence-electron chi connectivity index (χ4n) is 0.605. The first-order valence-corrected chi connectivity index (χ1v) is 2.49. The number of nitrogens with zero attached hydrogens (tertiary/aromatic N) is 1. The maximum absolute atomic E-state index is 10.3. The molecule has 0 aliphatic carbocycles. The smallest absolute Gasteiger partial charge is 0.223 e. The molecule has 4 nitrogen and oxygen atoms in total. The van der Waals surface area contributed by atoms with Gasteiger partial charge < -0.3 is 5.73 Å². The first-order valence-electron chi connectivity index (χ1n) is 2.49. The second-order valence-electron chi connectivity index (χ2n) is 1.80. The molecule has 0 aromatic carbocycles. The van der Waals surface area contributed by atoms with Crippen LogP contribution in [0.4, 0.5) is 0 Å². The molecule has 1 heterocycles. The molecular weight excluding hydrogens is 106 g/mol. The van der Waals surface area contributed by atoms with Crippen molar-refractivity contribution in [2.45, 2.75) is 0 Å². The molecule has 1 aliphatic rings. The van der Waals surface area contributed by atoms with Gasteiger partial charge in [0.05, 0.1) is 5.92 Å². The van der Waals surface area contributed by atoms with Gasteiger partial charge in [0.2, 0.25) is 5.91 Å². The highest BCUT2D eigenvalue weighted by Crippen LogP contribution is 1.95. The summed E-state index contributed by atoms with van der Waals surface area (Å²) < 4.78 is 0. The van der Waals surface area contributed by atoms with Crippen LogP contribution in [0.2, 0.25) is 0 Å². The number of nitrogens with one attached hydrogen (secondary N) is 1. The molecule has 0 saturated carbocycles. The third-order valence-electron chi connectivity index (χ3n) is 1.16. The molecule has 0 aromatic rings. The molecule has 1 atom stereocenters. The minimum Gasteiger partial charge on any atom is -0.369 e. The van der Waals surface area contributed by atoms with E-state index in [9.17, 15) is 4.79 Å². The zero-order chi connectivity index (χ0) is 5.98. The molecule has 0 aromatic heterocycles. The van der Waals surface area contributed by atoms with Crippen LogP contribution in [0.5, 0.6) is 0 Å². The number of nitrogens with two attached hydrogens (primary N) is 1. The number of hydrogen-bond donors (Lipinski definition) is 2. The van der Waals surface area contributed by atoms with Crippen molar-refractivity contribution >= 4 is 5.91 Å². The molecule has 3 N–H and O–H groups in total. The maximum Gasteiger partial charge on any atom is 0.223 e. The van der Waals surface area contributed by atoms with Gasteiger partial charge in [0.1, 0.15) is 0 Å². The van der Waals surface area contributed by atoms with Crippen LogP contribution in [0.1, 0.15) is 0 Å². The Bertz CT molecular complexity index is 97.5. The molecule has 1 unspecified atom stereocenters. The highest BCUT2D eigenvalue weighted by Gasteiger charge is 2.19. The van der Waals surface area contributed by atoms with Gasteiger partial charge >= 0.3 is 0 Å². The average molecular weight is 114 g/mol. The Kier molecular flexibility index (Phi) is 1.45. The molecule has 0 bridgehead atoms. The van der Waals surface area contributed by atoms with E-state index in [0.717, 1.165) is 0 Å². The van der Waals surface area contributed by atoms with Gasteiger partial charge in [-0.2, -0.15) is 5.43 Å². The van der Waals surface area contributed by atoms with E-state index in [1.807, 2.05) is 0 Å². The Labute approximate surface area is 47.4 Å². The second kappa shape index (κ2) is 2.11. The van der Waals surface area contributed by atoms with Crippen LogP contribution in [0.25, 0.3) is 0 Å². The number of primary amides is 1. The summed E-state index contributed by atoms with van der Waals surface area (Å²) in [4.78, 5) is 10.3. The highest BCUT2D eigenvalue weighted by molar-refractivity contribution is 5.77. The van der Waals surface area contributed by atoms with Crippen molar-refractivity contribution in [1.82, 2.24) is 10.9 Å². The monoisotopic (exact) mass is 114 g/mol. The van der Waals surface area contributed by atoms with Crippen molar-refractivity contribution < 1.29 is 4.79 Å². The van der Waals surface area contributed by atoms with Gasteiger partial charge in [-0.25, -0.2) is 5.43 Å². The molecule has 1 amide bonds. The van der Waals surface area contributed by atoms with E-state index >= 15 is 0 Å². The zero-order valence-electron chi connectivity index (χ0n) is 4.42. The Hall–Kier alpha value is -0.610. The van der Waals surface area contributed by atoms with Crippen molar-refractivity contribution in [3.63, 3.8) is 0 Å². The van der Waals surface area contributed by atoms with Gasteiger partial charge in [0, 0.05) is 13.1 Å². The first kappa shape index (κ1) is 5.53. The Morgan fingerprint density at radius 1 is 1.88 bits per heavy atom. The van der Waals surface area contributed by atoms with Gasteiger partial charge in [-0.05, 0) is 0 Å². The van der Waals surface area contributed by atoms with E-state index in [1.54, 1.807) is 0 Å². The molecule has 1 fully saturated rings. The molecule has 1 radical (unpaired) electrons. The summed E-state index contributed by atoms with van der Waals surface area (Å²) >= 11 is 0. The number of amides is 1. The van der Waals surface area contributed by atoms with Gasteiger partial charge in [0.15, 0.2) is 0 Å². The number of carbonyl (C=O) groups is 1. The summed E-state index contributed by atoms with van der Waals surface area (Å²) in [5.74, 6) is -0.339. The van der Waals surface area contributed by atoms with Crippen molar-refractivity contribution in [1.29, 1.82) is 0 Å². The number of rotatable bonds is 1. The lowest BCUT2D eigenvalue weighted by Gasteiger charge is -1.96. The van der Waals surface area contributed by atoms with Gasteiger partial charge in [-0.3, -0.25) is 4.79 Å². The topological polar surface area (TPSA) is 69.2 Å². The molecule has 4 heteroatoms. The van der Waals surface area contributed by atoms with Crippen LogP contribution in [0.3, 0.4) is 0 Å². The third kappa shape index (κ3) is 0.962. The van der Waals surface area contributed by atoms with Crippen molar-refractivity contribution in [2.24, 2.45) is 11.7 Å². The van der Waals surface area contributed by atoms with Crippen LogP contribution in [0.15, 0.2) is 0 Å². The fourth-order valence-corrected chi connectivity index (χ4v) is 0.605. The van der Waals surface area contributed by atoms with E-state index in [1.165, 1.54) is 0 Å². The Morgan fingerprint density at radius 2 is 2.62 bits per heavy atom. The van der Waals surface area contributed by atoms with Crippen LogP contribution in [0, 0.1) is 5.92 Å². The molecular formula is C4H8N3O. The first-order chi connectivity index (χ1) is 3.80. The second-order valence-corrected chi connectivity index (χ2v) is 1.80. The quantitative estimate of drug-likeness (QED) is 0.422. The molecule has 0 spiro atoms. The van der Waals surface area contributed by atoms with E-state index in [0.29, 0.717) is 13.1 Å². The molecule has 8 heavy (non-hydrogen) atoms. The summed E-state index contributed by atoms with van der Waals surface area (Å²) in [6.07, 6.45) is 0. The summed E-state index contributed by atoms with van der Waals surface area (Å²) in [7, 11) is 0. The zero-order valence-corrected chi connectivity index (χ0v) is 4.42. The SMILES string of the molecule is NC(=O)C1C[N]NC1. The van der Waals surface area contributed by atoms with Crippen molar-refractivity contribution in [2.75, 3.05) is 13.1 Å². The fraction of sp³-hybridized carbons (Fsp3) is 0.750. The van der Waals surface area contributed by atoms with Crippen LogP contribution in [-0.4, -0.2) is 19.0 Å². The third-order valence-corrected chi connectivity index (χ3v) is 1.16. The lowest BCUT2D eigenvalue weighted by atomic mass is 10.1. The molecule has 1 saturated heterocycles. The summed E-state index contributed by atoms with van der Waals surface area (Å²) in [6.45, 7) is 1.14. The summed E-state index contributed by atoms with van der Waals surface area (Å²) in [6, 6.07) is 0.